The minimum absolute atomic E-state index is 0.0471. The van der Waals surface area contributed by atoms with Gasteiger partial charge in [0, 0.05) is 19.4 Å². The minimum Gasteiger partial charge on any atom is -0.462 e. The summed E-state index contributed by atoms with van der Waals surface area (Å²) in [7, 11) is -4.38. The predicted octanol–water partition coefficient (Wildman–Crippen LogP) is 11.6. The lowest BCUT2D eigenvalue weighted by atomic mass is 10.0. The highest BCUT2D eigenvalue weighted by Crippen LogP contribution is 2.43. The molecule has 0 saturated heterocycles. The van der Waals surface area contributed by atoms with Crippen LogP contribution in [0.25, 0.3) is 0 Å². The van der Waals surface area contributed by atoms with E-state index >= 15 is 0 Å². The van der Waals surface area contributed by atoms with Crippen LogP contribution in [0.1, 0.15) is 174 Å². The predicted molar refractivity (Wildman–Crippen MR) is 215 cm³/mol. The number of hydrogen-bond acceptors (Lipinski definition) is 8. The van der Waals surface area contributed by atoms with Crippen LogP contribution in [0, 0.1) is 0 Å². The number of carbonyl (C=O) groups is 2. The van der Waals surface area contributed by atoms with Gasteiger partial charge in [0.25, 0.3) is 0 Å². The number of esters is 2. The van der Waals surface area contributed by atoms with Crippen LogP contribution in [-0.2, 0) is 32.7 Å². The Balaban J connectivity index is 4.25. The van der Waals surface area contributed by atoms with Crippen LogP contribution in [-0.4, -0.2) is 49.3 Å². The maximum Gasteiger partial charge on any atom is 0.472 e. The Morgan fingerprint density at radius 1 is 0.577 bits per heavy atom. The molecule has 2 atom stereocenters. The molecule has 0 aliphatic rings. The molecule has 9 nitrogen and oxygen atoms in total. The number of ether oxygens (including phenoxy) is 2. The van der Waals surface area contributed by atoms with Crippen LogP contribution in [0.15, 0.2) is 48.6 Å². The summed E-state index contributed by atoms with van der Waals surface area (Å²) in [5, 5.41) is 0. The van der Waals surface area contributed by atoms with Crippen molar-refractivity contribution in [1.29, 1.82) is 0 Å². The fourth-order valence-corrected chi connectivity index (χ4v) is 6.15. The summed E-state index contributed by atoms with van der Waals surface area (Å²) >= 11 is 0. The molecular formula is C42H76NO8P. The second kappa shape index (κ2) is 38.7. The van der Waals surface area contributed by atoms with Gasteiger partial charge in [0.1, 0.15) is 6.61 Å². The molecule has 0 amide bonds. The number of unbranched alkanes of at least 4 members (excludes halogenated alkanes) is 17. The maximum atomic E-state index is 12.5. The van der Waals surface area contributed by atoms with Gasteiger partial charge in [0.05, 0.1) is 13.2 Å². The lowest BCUT2D eigenvalue weighted by Gasteiger charge is -2.19. The average molecular weight is 754 g/mol. The fraction of sp³-hybridized carbons (Fsp3) is 0.762. The molecule has 0 aliphatic carbocycles. The van der Waals surface area contributed by atoms with E-state index in [2.05, 4.69) is 62.5 Å². The van der Waals surface area contributed by atoms with Crippen LogP contribution in [0.5, 0.6) is 0 Å². The molecule has 3 N–H and O–H groups in total. The van der Waals surface area contributed by atoms with Gasteiger partial charge in [-0.1, -0.05) is 152 Å². The van der Waals surface area contributed by atoms with E-state index in [1.165, 1.54) is 83.5 Å². The van der Waals surface area contributed by atoms with E-state index in [0.29, 0.717) is 6.42 Å². The van der Waals surface area contributed by atoms with Gasteiger partial charge in [-0.3, -0.25) is 18.6 Å². The van der Waals surface area contributed by atoms with E-state index in [9.17, 15) is 19.0 Å². The molecule has 0 spiro atoms. The zero-order chi connectivity index (χ0) is 38.2. The minimum atomic E-state index is -4.38. The summed E-state index contributed by atoms with van der Waals surface area (Å²) in [5.74, 6) is -0.865. The van der Waals surface area contributed by atoms with Crippen molar-refractivity contribution in [1.82, 2.24) is 0 Å². The summed E-state index contributed by atoms with van der Waals surface area (Å²) in [6.07, 6.45) is 42.8. The van der Waals surface area contributed by atoms with Crippen LogP contribution in [0.4, 0.5) is 0 Å². The van der Waals surface area contributed by atoms with E-state index in [4.69, 9.17) is 24.3 Å². The van der Waals surface area contributed by atoms with Crippen molar-refractivity contribution in [3.8, 4) is 0 Å². The number of carbonyl (C=O) groups excluding carboxylic acids is 2. The molecule has 10 heteroatoms. The highest BCUT2D eigenvalue weighted by Gasteiger charge is 2.25. The third-order valence-electron chi connectivity index (χ3n) is 8.47. The van der Waals surface area contributed by atoms with Crippen molar-refractivity contribution in [2.75, 3.05) is 26.4 Å². The largest absolute Gasteiger partial charge is 0.472 e. The first-order chi connectivity index (χ1) is 25.3. The number of rotatable bonds is 38. The molecule has 52 heavy (non-hydrogen) atoms. The second-order valence-electron chi connectivity index (χ2n) is 13.5. The molecule has 0 bridgehead atoms. The molecule has 0 aromatic rings. The van der Waals surface area contributed by atoms with E-state index in [0.717, 1.165) is 57.8 Å². The lowest BCUT2D eigenvalue weighted by Crippen LogP contribution is -2.29. The summed E-state index contributed by atoms with van der Waals surface area (Å²) < 4.78 is 32.7. The normalized spacial score (nSPS) is 13.8. The molecule has 0 fully saturated rings. The quantitative estimate of drug-likeness (QED) is 0.0273. The standard InChI is InChI=1S/C42H76NO8P/c1-3-5-7-9-11-13-15-17-18-19-20-21-22-23-25-27-29-31-33-35-42(45)51-40(39-50-52(46,47)49-37-36-43)38-48-41(44)34-32-30-28-26-24-16-14-12-10-8-6-4-2/h11,13,17-18,20-21,23,25,40H,3-10,12,14-16,19,22,24,26-39,43H2,1-2H3,(H,46,47)/b13-11+,18-17+,21-20+,25-23+/t40-/m1/s1. The molecule has 0 aliphatic heterocycles. The summed E-state index contributed by atoms with van der Waals surface area (Å²) in [6.45, 7) is 3.65. The Bertz CT molecular complexity index is 996. The van der Waals surface area contributed by atoms with E-state index in [1.54, 1.807) is 0 Å². The molecule has 0 rings (SSSR count). The summed E-state index contributed by atoms with van der Waals surface area (Å²) in [6, 6.07) is 0. The van der Waals surface area contributed by atoms with Gasteiger partial charge in [0.2, 0.25) is 0 Å². The van der Waals surface area contributed by atoms with Gasteiger partial charge >= 0.3 is 19.8 Å². The molecule has 0 radical (unpaired) electrons. The van der Waals surface area contributed by atoms with Gasteiger partial charge < -0.3 is 20.1 Å². The molecule has 0 aromatic heterocycles. The Morgan fingerprint density at radius 2 is 1.00 bits per heavy atom. The number of allylic oxidation sites excluding steroid dienone is 8. The van der Waals surface area contributed by atoms with Crippen LogP contribution in [0.2, 0.25) is 0 Å². The molecule has 302 valence electrons. The van der Waals surface area contributed by atoms with Crippen molar-refractivity contribution in [3.63, 3.8) is 0 Å². The average Bonchev–Trinajstić information content (AvgIpc) is 3.13. The topological polar surface area (TPSA) is 134 Å². The Hall–Kier alpha value is -2.03. The first kappa shape index (κ1) is 50.0. The van der Waals surface area contributed by atoms with Crippen molar-refractivity contribution in [2.24, 2.45) is 5.73 Å². The number of nitrogens with two attached hydrogens (primary N) is 1. The van der Waals surface area contributed by atoms with Gasteiger partial charge in [0.15, 0.2) is 6.10 Å². The van der Waals surface area contributed by atoms with E-state index in [1.807, 2.05) is 0 Å². The third kappa shape index (κ3) is 37.7. The van der Waals surface area contributed by atoms with Crippen molar-refractivity contribution >= 4 is 19.8 Å². The van der Waals surface area contributed by atoms with Crippen molar-refractivity contribution < 1.29 is 37.6 Å². The number of hydrogen-bond donors (Lipinski definition) is 2. The van der Waals surface area contributed by atoms with Crippen molar-refractivity contribution in [2.45, 2.75) is 180 Å². The first-order valence-corrected chi connectivity index (χ1v) is 22.1. The smallest absolute Gasteiger partial charge is 0.462 e. The van der Waals surface area contributed by atoms with Gasteiger partial charge in [-0.15, -0.1) is 0 Å². The Morgan fingerprint density at radius 3 is 1.52 bits per heavy atom. The highest BCUT2D eigenvalue weighted by molar-refractivity contribution is 7.47. The lowest BCUT2D eigenvalue weighted by molar-refractivity contribution is -0.161. The van der Waals surface area contributed by atoms with Crippen LogP contribution >= 0.6 is 7.82 Å². The maximum absolute atomic E-state index is 12.5. The van der Waals surface area contributed by atoms with Crippen LogP contribution < -0.4 is 5.73 Å². The highest BCUT2D eigenvalue weighted by atomic mass is 31.2. The molecular weight excluding hydrogens is 677 g/mol. The third-order valence-corrected chi connectivity index (χ3v) is 9.45. The fourth-order valence-electron chi connectivity index (χ4n) is 5.38. The molecule has 1 unspecified atom stereocenters. The molecule has 0 heterocycles. The zero-order valence-corrected chi connectivity index (χ0v) is 33.9. The first-order valence-electron chi connectivity index (χ1n) is 20.6. The molecule has 0 aromatic carbocycles. The number of phosphoric acid groups is 1. The SMILES string of the molecule is CCCCC/C=C/C/C=C/C/C=C/C/C=C/CCCCCC(=O)O[C@H](COC(=O)CCCCCCCCCCCCCC)COP(=O)(O)OCCN. The van der Waals surface area contributed by atoms with E-state index < -0.39 is 32.5 Å². The Kier molecular flexibility index (Phi) is 37.2. The second-order valence-corrected chi connectivity index (χ2v) is 15.0. The van der Waals surface area contributed by atoms with E-state index in [-0.39, 0.29) is 32.6 Å². The molecule has 0 saturated carbocycles. The van der Waals surface area contributed by atoms with Gasteiger partial charge in [-0.25, -0.2) is 4.57 Å². The van der Waals surface area contributed by atoms with Gasteiger partial charge in [-0.05, 0) is 57.8 Å². The van der Waals surface area contributed by atoms with Gasteiger partial charge in [-0.2, -0.15) is 0 Å². The summed E-state index contributed by atoms with van der Waals surface area (Å²) in [5.41, 5.74) is 5.34. The monoisotopic (exact) mass is 754 g/mol. The van der Waals surface area contributed by atoms with Crippen molar-refractivity contribution in [3.05, 3.63) is 48.6 Å². The zero-order valence-electron chi connectivity index (χ0n) is 33.0. The Labute approximate surface area is 317 Å². The van der Waals surface area contributed by atoms with Crippen LogP contribution in [0.3, 0.4) is 0 Å². The summed E-state index contributed by atoms with van der Waals surface area (Å²) in [4.78, 5) is 34.8. The number of phosphoric ester groups is 1.